The molecule has 0 spiro atoms. The zero-order valence-corrected chi connectivity index (χ0v) is 7.75. The summed E-state index contributed by atoms with van der Waals surface area (Å²) in [5.41, 5.74) is 1.20. The van der Waals surface area contributed by atoms with E-state index in [1.54, 1.807) is 25.3 Å². The number of aryl methyl sites for hydroxylation is 1. The molecule has 0 N–H and O–H groups in total. The highest BCUT2D eigenvalue weighted by molar-refractivity contribution is 6.30. The second kappa shape index (κ2) is 2.85. The van der Waals surface area contributed by atoms with Crippen molar-refractivity contribution in [2.75, 3.05) is 0 Å². The first kappa shape index (κ1) is 8.26. The Balaban J connectivity index is 2.95. The van der Waals surface area contributed by atoms with Crippen LogP contribution in [-0.2, 0) is 0 Å². The molecule has 66 valence electrons. The Kier molecular flexibility index (Phi) is 1.81. The van der Waals surface area contributed by atoms with Crippen molar-refractivity contribution in [3.05, 3.63) is 45.5 Å². The van der Waals surface area contributed by atoms with Crippen LogP contribution >= 0.6 is 11.6 Å². The Morgan fingerprint density at radius 3 is 3.00 bits per heavy atom. The van der Waals surface area contributed by atoms with E-state index in [9.17, 15) is 4.79 Å². The minimum Gasteiger partial charge on any atom is -0.269 e. The number of aromatic nitrogens is 2. The Morgan fingerprint density at radius 1 is 1.46 bits per heavy atom. The van der Waals surface area contributed by atoms with Crippen molar-refractivity contribution in [3.8, 4) is 0 Å². The van der Waals surface area contributed by atoms with E-state index in [1.807, 2.05) is 0 Å². The van der Waals surface area contributed by atoms with Crippen LogP contribution in [0.2, 0.25) is 5.02 Å². The standard InChI is InChI=1S/C9H7ClN2O/c1-6-4-9(13)12-3-2-7(10)5-8(12)11-6/h2-5H,1H3. The fourth-order valence-electron chi connectivity index (χ4n) is 1.20. The second-order valence-corrected chi connectivity index (χ2v) is 3.25. The molecule has 0 aliphatic heterocycles. The van der Waals surface area contributed by atoms with Gasteiger partial charge in [0.15, 0.2) is 0 Å². The van der Waals surface area contributed by atoms with E-state index < -0.39 is 0 Å². The van der Waals surface area contributed by atoms with Crippen LogP contribution in [0.5, 0.6) is 0 Å². The molecule has 3 nitrogen and oxygen atoms in total. The number of halogens is 1. The van der Waals surface area contributed by atoms with Crippen molar-refractivity contribution in [1.82, 2.24) is 9.38 Å². The van der Waals surface area contributed by atoms with E-state index in [4.69, 9.17) is 11.6 Å². The minimum absolute atomic E-state index is 0.0841. The van der Waals surface area contributed by atoms with Crippen molar-refractivity contribution in [3.63, 3.8) is 0 Å². The maximum Gasteiger partial charge on any atom is 0.258 e. The average molecular weight is 195 g/mol. The summed E-state index contributed by atoms with van der Waals surface area (Å²) in [5, 5.41) is 0.581. The smallest absolute Gasteiger partial charge is 0.258 e. The van der Waals surface area contributed by atoms with E-state index >= 15 is 0 Å². The van der Waals surface area contributed by atoms with Crippen LogP contribution in [0.4, 0.5) is 0 Å². The van der Waals surface area contributed by atoms with Gasteiger partial charge < -0.3 is 0 Å². The van der Waals surface area contributed by atoms with Gasteiger partial charge in [0.05, 0.1) is 0 Å². The predicted molar refractivity (Wildman–Crippen MR) is 51.2 cm³/mol. The van der Waals surface area contributed by atoms with E-state index in [-0.39, 0.29) is 5.56 Å². The summed E-state index contributed by atoms with van der Waals surface area (Å²) >= 11 is 5.77. The van der Waals surface area contributed by atoms with Crippen LogP contribution in [0.3, 0.4) is 0 Å². The third-order valence-corrected chi connectivity index (χ3v) is 1.99. The summed E-state index contributed by atoms with van der Waals surface area (Å²) in [6.45, 7) is 1.78. The van der Waals surface area contributed by atoms with Gasteiger partial charge in [0.25, 0.3) is 5.56 Å². The topological polar surface area (TPSA) is 34.4 Å². The normalized spacial score (nSPS) is 10.6. The molecule has 13 heavy (non-hydrogen) atoms. The monoisotopic (exact) mass is 194 g/mol. The van der Waals surface area contributed by atoms with Crippen molar-refractivity contribution in [2.24, 2.45) is 0 Å². The van der Waals surface area contributed by atoms with Crippen LogP contribution < -0.4 is 5.56 Å². The highest BCUT2D eigenvalue weighted by atomic mass is 35.5. The SMILES string of the molecule is Cc1cc(=O)n2ccc(Cl)cc2n1. The third kappa shape index (κ3) is 1.42. The van der Waals surface area contributed by atoms with Crippen LogP contribution in [0.1, 0.15) is 5.69 Å². The van der Waals surface area contributed by atoms with Crippen LogP contribution in [0.15, 0.2) is 29.2 Å². The van der Waals surface area contributed by atoms with Crippen LogP contribution in [0, 0.1) is 6.92 Å². The molecular formula is C9H7ClN2O. The summed E-state index contributed by atoms with van der Waals surface area (Å²) < 4.78 is 1.46. The molecule has 2 aromatic rings. The molecule has 0 aliphatic rings. The lowest BCUT2D eigenvalue weighted by atomic mass is 10.4. The van der Waals surface area contributed by atoms with Gasteiger partial charge >= 0.3 is 0 Å². The molecule has 0 bridgehead atoms. The van der Waals surface area contributed by atoms with E-state index in [2.05, 4.69) is 4.98 Å². The van der Waals surface area contributed by atoms with Crippen molar-refractivity contribution in [1.29, 1.82) is 0 Å². The Morgan fingerprint density at radius 2 is 2.23 bits per heavy atom. The number of nitrogens with zero attached hydrogens (tertiary/aromatic N) is 2. The minimum atomic E-state index is -0.0841. The molecule has 2 rings (SSSR count). The highest BCUT2D eigenvalue weighted by Crippen LogP contribution is 2.08. The van der Waals surface area contributed by atoms with Gasteiger partial charge in [-0.3, -0.25) is 9.20 Å². The average Bonchev–Trinajstić information content (AvgIpc) is 2.02. The number of fused-ring (bicyclic) bond motifs is 1. The summed E-state index contributed by atoms with van der Waals surface area (Å²) in [6, 6.07) is 4.81. The second-order valence-electron chi connectivity index (χ2n) is 2.81. The first-order chi connectivity index (χ1) is 6.16. The third-order valence-electron chi connectivity index (χ3n) is 1.76. The molecule has 0 amide bonds. The maximum absolute atomic E-state index is 11.4. The largest absolute Gasteiger partial charge is 0.269 e. The number of rotatable bonds is 0. The molecule has 0 atom stereocenters. The molecular weight excluding hydrogens is 188 g/mol. The van der Waals surface area contributed by atoms with Crippen molar-refractivity contribution < 1.29 is 0 Å². The Bertz CT molecular complexity index is 513. The number of hydrogen-bond donors (Lipinski definition) is 0. The van der Waals surface area contributed by atoms with Gasteiger partial charge in [-0.25, -0.2) is 4.98 Å². The van der Waals surface area contributed by atoms with E-state index in [1.165, 1.54) is 10.5 Å². The molecule has 0 unspecified atom stereocenters. The maximum atomic E-state index is 11.4. The number of hydrogen-bond acceptors (Lipinski definition) is 2. The molecule has 0 fully saturated rings. The summed E-state index contributed by atoms with van der Waals surface area (Å²) in [5.74, 6) is 0. The molecule has 0 aromatic carbocycles. The zero-order chi connectivity index (χ0) is 9.42. The molecule has 4 heteroatoms. The van der Waals surface area contributed by atoms with Crippen molar-refractivity contribution >= 4 is 17.2 Å². The van der Waals surface area contributed by atoms with Crippen molar-refractivity contribution in [2.45, 2.75) is 6.92 Å². The van der Waals surface area contributed by atoms with Gasteiger partial charge in [0.1, 0.15) is 5.65 Å². The quantitative estimate of drug-likeness (QED) is 0.639. The Labute approximate surface area is 79.6 Å². The van der Waals surface area contributed by atoms with Gasteiger partial charge in [0, 0.05) is 29.0 Å². The lowest BCUT2D eigenvalue weighted by Crippen LogP contribution is -2.13. The summed E-state index contributed by atoms with van der Waals surface area (Å²) in [7, 11) is 0. The molecule has 2 aromatic heterocycles. The fourth-order valence-corrected chi connectivity index (χ4v) is 1.35. The number of pyridine rings is 1. The molecule has 0 saturated heterocycles. The van der Waals surface area contributed by atoms with Crippen LogP contribution in [-0.4, -0.2) is 9.38 Å². The lowest BCUT2D eigenvalue weighted by molar-refractivity contribution is 1.02. The van der Waals surface area contributed by atoms with Gasteiger partial charge in [-0.15, -0.1) is 0 Å². The molecule has 2 heterocycles. The molecule has 0 aliphatic carbocycles. The Hall–Kier alpha value is -1.35. The first-order valence-corrected chi connectivity index (χ1v) is 4.20. The van der Waals surface area contributed by atoms with Gasteiger partial charge in [-0.1, -0.05) is 11.6 Å². The lowest BCUT2D eigenvalue weighted by Gasteiger charge is -2.00. The van der Waals surface area contributed by atoms with Gasteiger partial charge in [0.2, 0.25) is 0 Å². The molecule has 0 radical (unpaired) electrons. The fraction of sp³-hybridized carbons (Fsp3) is 0.111. The van der Waals surface area contributed by atoms with E-state index in [0.717, 1.165) is 0 Å². The first-order valence-electron chi connectivity index (χ1n) is 3.82. The van der Waals surface area contributed by atoms with Crippen LogP contribution in [0.25, 0.3) is 5.65 Å². The van der Waals surface area contributed by atoms with E-state index in [0.29, 0.717) is 16.4 Å². The van der Waals surface area contributed by atoms with Gasteiger partial charge in [-0.05, 0) is 13.0 Å². The van der Waals surface area contributed by atoms with Gasteiger partial charge in [-0.2, -0.15) is 0 Å². The molecule has 0 saturated carbocycles. The zero-order valence-electron chi connectivity index (χ0n) is 6.99. The summed E-state index contributed by atoms with van der Waals surface area (Å²) in [6.07, 6.45) is 1.62. The predicted octanol–water partition coefficient (Wildman–Crippen LogP) is 1.66. The summed E-state index contributed by atoms with van der Waals surface area (Å²) in [4.78, 5) is 15.6. The highest BCUT2D eigenvalue weighted by Gasteiger charge is 1.98.